The number of aryl methyl sites for hydroxylation is 1. The van der Waals surface area contributed by atoms with Crippen molar-refractivity contribution in [3.8, 4) is 0 Å². The Bertz CT molecular complexity index is 619. The predicted molar refractivity (Wildman–Crippen MR) is 80.4 cm³/mol. The minimum Gasteiger partial charge on any atom is -0.321 e. The summed E-state index contributed by atoms with van der Waals surface area (Å²) in [4.78, 5) is 13.6. The molecule has 0 bridgehead atoms. The normalized spacial score (nSPS) is 12.1. The van der Waals surface area contributed by atoms with Crippen LogP contribution < -0.4 is 5.32 Å². The maximum atomic E-state index is 12.2. The van der Waals surface area contributed by atoms with Crippen LogP contribution in [-0.4, -0.2) is 16.4 Å². The van der Waals surface area contributed by atoms with Crippen molar-refractivity contribution in [1.82, 2.24) is 0 Å². The quantitative estimate of drug-likeness (QED) is 0.940. The first-order valence-electron chi connectivity index (χ1n) is 5.93. The van der Waals surface area contributed by atoms with Crippen LogP contribution in [0.25, 0.3) is 0 Å². The van der Waals surface area contributed by atoms with Crippen LogP contribution in [0.4, 0.5) is 5.69 Å². The molecule has 0 aliphatic rings. The van der Waals surface area contributed by atoms with Gasteiger partial charge >= 0.3 is 0 Å². The Balaban J connectivity index is 2.19. The number of hydrogen-bond donors (Lipinski definition) is 1. The fraction of sp³-hybridized carbons (Fsp3) is 0.214. The molecule has 0 aliphatic heterocycles. The van der Waals surface area contributed by atoms with E-state index in [9.17, 15) is 9.00 Å². The molecule has 0 radical (unpaired) electrons. The average Bonchev–Trinajstić information content (AvgIpc) is 2.87. The summed E-state index contributed by atoms with van der Waals surface area (Å²) in [5, 5.41) is 4.77. The Kier molecular flexibility index (Phi) is 4.50. The summed E-state index contributed by atoms with van der Waals surface area (Å²) < 4.78 is 11.4. The fourth-order valence-corrected chi connectivity index (χ4v) is 3.21. The van der Waals surface area contributed by atoms with E-state index in [4.69, 9.17) is 0 Å². The molecule has 1 aromatic heterocycles. The number of carbonyl (C=O) groups excluding carboxylic acids is 1. The molecule has 0 spiro atoms. The number of carbonyl (C=O) groups is 1. The standard InChI is InChI=1S/C14H15NO2S2/c1-3-10-7-8-18-13(10)14(16)15-11-5-4-6-12(9-11)19(2)17/h4-9H,3H2,1-2H3,(H,15,16)/t19-/m0/s1. The molecule has 1 amide bonds. The topological polar surface area (TPSA) is 46.2 Å². The summed E-state index contributed by atoms with van der Waals surface area (Å²) in [6.07, 6.45) is 2.46. The van der Waals surface area contributed by atoms with E-state index in [0.29, 0.717) is 10.6 Å². The molecule has 0 saturated carbocycles. The van der Waals surface area contributed by atoms with Gasteiger partial charge in [0.1, 0.15) is 0 Å². The zero-order chi connectivity index (χ0) is 13.8. The van der Waals surface area contributed by atoms with E-state index in [1.807, 2.05) is 18.4 Å². The van der Waals surface area contributed by atoms with Crippen LogP contribution in [0.2, 0.25) is 0 Å². The average molecular weight is 293 g/mol. The smallest absolute Gasteiger partial charge is 0.266 e. The number of thiophene rings is 1. The van der Waals surface area contributed by atoms with Crippen LogP contribution in [0.15, 0.2) is 40.6 Å². The van der Waals surface area contributed by atoms with Gasteiger partial charge in [0.25, 0.3) is 5.91 Å². The van der Waals surface area contributed by atoms with E-state index in [2.05, 4.69) is 5.32 Å². The third-order valence-corrected chi connectivity index (χ3v) is 4.63. The minimum atomic E-state index is -1.05. The minimum absolute atomic E-state index is 0.106. The van der Waals surface area contributed by atoms with E-state index in [0.717, 1.165) is 16.9 Å². The van der Waals surface area contributed by atoms with E-state index in [1.165, 1.54) is 11.3 Å². The second-order valence-electron chi connectivity index (χ2n) is 4.06. The van der Waals surface area contributed by atoms with Gasteiger partial charge < -0.3 is 5.32 Å². The lowest BCUT2D eigenvalue weighted by molar-refractivity contribution is 0.103. The number of rotatable bonds is 4. The first-order valence-corrected chi connectivity index (χ1v) is 8.36. The highest BCUT2D eigenvalue weighted by Crippen LogP contribution is 2.20. The summed E-state index contributed by atoms with van der Waals surface area (Å²) in [5.74, 6) is -0.106. The van der Waals surface area contributed by atoms with E-state index < -0.39 is 10.8 Å². The molecule has 100 valence electrons. The number of nitrogens with one attached hydrogen (secondary N) is 1. The SMILES string of the molecule is CCc1ccsc1C(=O)Nc1cccc([S@](C)=O)c1. The lowest BCUT2D eigenvalue weighted by Gasteiger charge is -2.06. The van der Waals surface area contributed by atoms with Gasteiger partial charge in [0.2, 0.25) is 0 Å². The maximum Gasteiger partial charge on any atom is 0.266 e. The van der Waals surface area contributed by atoms with Crippen LogP contribution in [0.3, 0.4) is 0 Å². The molecule has 0 saturated heterocycles. The summed E-state index contributed by atoms with van der Waals surface area (Å²) in [6, 6.07) is 9.09. The molecule has 1 N–H and O–H groups in total. The van der Waals surface area contributed by atoms with Crippen LogP contribution in [0.5, 0.6) is 0 Å². The molecule has 1 atom stereocenters. The van der Waals surface area contributed by atoms with Crippen molar-refractivity contribution >= 4 is 33.7 Å². The molecule has 5 heteroatoms. The van der Waals surface area contributed by atoms with E-state index in [-0.39, 0.29) is 5.91 Å². The lowest BCUT2D eigenvalue weighted by atomic mass is 10.2. The van der Waals surface area contributed by atoms with Crippen LogP contribution in [0.1, 0.15) is 22.2 Å². The summed E-state index contributed by atoms with van der Waals surface area (Å²) in [6.45, 7) is 2.03. The van der Waals surface area contributed by atoms with Gasteiger partial charge in [0.05, 0.1) is 4.88 Å². The van der Waals surface area contributed by atoms with Gasteiger partial charge in [-0.1, -0.05) is 13.0 Å². The highest BCUT2D eigenvalue weighted by atomic mass is 32.2. The zero-order valence-corrected chi connectivity index (χ0v) is 12.4. The van der Waals surface area contributed by atoms with Crippen LogP contribution >= 0.6 is 11.3 Å². The van der Waals surface area contributed by atoms with Crippen molar-refractivity contribution in [3.05, 3.63) is 46.2 Å². The predicted octanol–water partition coefficient (Wildman–Crippen LogP) is 3.30. The third-order valence-electron chi connectivity index (χ3n) is 2.76. The fourth-order valence-electron chi connectivity index (χ4n) is 1.75. The zero-order valence-electron chi connectivity index (χ0n) is 10.8. The number of hydrogen-bond acceptors (Lipinski definition) is 3. The van der Waals surface area contributed by atoms with Crippen molar-refractivity contribution in [2.24, 2.45) is 0 Å². The Morgan fingerprint density at radius 3 is 2.84 bits per heavy atom. The highest BCUT2D eigenvalue weighted by molar-refractivity contribution is 7.84. The lowest BCUT2D eigenvalue weighted by Crippen LogP contribution is -2.12. The Hall–Kier alpha value is -1.46. The molecule has 1 heterocycles. The maximum absolute atomic E-state index is 12.2. The first kappa shape index (κ1) is 14.0. The van der Waals surface area contributed by atoms with Gasteiger partial charge in [0.15, 0.2) is 0 Å². The van der Waals surface area contributed by atoms with Crippen molar-refractivity contribution in [2.45, 2.75) is 18.2 Å². The molecule has 0 unspecified atom stereocenters. The molecule has 1 aromatic carbocycles. The molecule has 19 heavy (non-hydrogen) atoms. The van der Waals surface area contributed by atoms with E-state index >= 15 is 0 Å². The van der Waals surface area contributed by atoms with Gasteiger partial charge in [-0.25, -0.2) is 0 Å². The molecule has 0 aliphatic carbocycles. The van der Waals surface area contributed by atoms with Crippen molar-refractivity contribution in [3.63, 3.8) is 0 Å². The van der Waals surface area contributed by atoms with Gasteiger partial charge in [0, 0.05) is 27.6 Å². The second kappa shape index (κ2) is 6.12. The highest BCUT2D eigenvalue weighted by Gasteiger charge is 2.12. The molecule has 2 aromatic rings. The second-order valence-corrected chi connectivity index (χ2v) is 6.36. The van der Waals surface area contributed by atoms with Crippen LogP contribution in [0, 0.1) is 0 Å². The molecular weight excluding hydrogens is 278 g/mol. The van der Waals surface area contributed by atoms with Gasteiger partial charge in [-0.2, -0.15) is 0 Å². The van der Waals surface area contributed by atoms with Gasteiger partial charge in [-0.3, -0.25) is 9.00 Å². The number of amides is 1. The van der Waals surface area contributed by atoms with Crippen molar-refractivity contribution in [2.75, 3.05) is 11.6 Å². The monoisotopic (exact) mass is 293 g/mol. The van der Waals surface area contributed by atoms with E-state index in [1.54, 1.807) is 30.5 Å². The Morgan fingerprint density at radius 1 is 1.37 bits per heavy atom. The van der Waals surface area contributed by atoms with Gasteiger partial charge in [-0.05, 0) is 41.6 Å². The molecule has 0 fully saturated rings. The summed E-state index contributed by atoms with van der Waals surface area (Å²) in [7, 11) is -1.05. The van der Waals surface area contributed by atoms with Crippen molar-refractivity contribution in [1.29, 1.82) is 0 Å². The molecular formula is C14H15NO2S2. The summed E-state index contributed by atoms with van der Waals surface area (Å²) in [5.41, 5.74) is 1.73. The molecule has 2 rings (SSSR count). The molecule has 3 nitrogen and oxygen atoms in total. The Morgan fingerprint density at radius 2 is 2.16 bits per heavy atom. The van der Waals surface area contributed by atoms with Gasteiger partial charge in [-0.15, -0.1) is 11.3 Å². The van der Waals surface area contributed by atoms with Crippen LogP contribution in [-0.2, 0) is 17.2 Å². The number of anilines is 1. The Labute approximate surface area is 119 Å². The first-order chi connectivity index (χ1) is 9.11. The van der Waals surface area contributed by atoms with Crippen molar-refractivity contribution < 1.29 is 9.00 Å². The number of benzene rings is 1. The summed E-state index contributed by atoms with van der Waals surface area (Å²) >= 11 is 1.44. The third kappa shape index (κ3) is 3.30. The largest absolute Gasteiger partial charge is 0.321 e.